The lowest BCUT2D eigenvalue weighted by Crippen LogP contribution is -2.35. The molecule has 4 atom stereocenters. The SMILES string of the molecule is COCCNc1nc(Cl)c(C#Cc2ccc(OC)nc2)c(NC2CC(CO)C(O)C2O)n1. The number of hydrogen-bond donors (Lipinski definition) is 5. The van der Waals surface area contributed by atoms with Gasteiger partial charge < -0.3 is 35.4 Å². The molecule has 0 bridgehead atoms. The molecule has 3 rings (SSSR count). The minimum Gasteiger partial charge on any atom is -0.481 e. The van der Waals surface area contributed by atoms with Gasteiger partial charge in [0.05, 0.1) is 25.9 Å². The lowest BCUT2D eigenvalue weighted by molar-refractivity contribution is 0.00445. The van der Waals surface area contributed by atoms with Crippen LogP contribution in [0.5, 0.6) is 5.88 Å². The Balaban J connectivity index is 1.91. The third kappa shape index (κ3) is 5.76. The number of hydrogen-bond acceptors (Lipinski definition) is 10. The first kappa shape index (κ1) is 24.0. The van der Waals surface area contributed by atoms with Gasteiger partial charge in [-0.2, -0.15) is 9.97 Å². The van der Waals surface area contributed by atoms with E-state index in [2.05, 4.69) is 37.4 Å². The molecule has 1 aliphatic carbocycles. The van der Waals surface area contributed by atoms with Crippen molar-refractivity contribution in [2.24, 2.45) is 5.92 Å². The highest BCUT2D eigenvalue weighted by molar-refractivity contribution is 6.31. The van der Waals surface area contributed by atoms with Gasteiger partial charge in [0.1, 0.15) is 17.5 Å². The van der Waals surface area contributed by atoms with Crippen molar-refractivity contribution in [3.63, 3.8) is 0 Å². The van der Waals surface area contributed by atoms with Crippen LogP contribution in [-0.2, 0) is 4.74 Å². The highest BCUT2D eigenvalue weighted by Crippen LogP contribution is 2.31. The van der Waals surface area contributed by atoms with E-state index in [1.807, 2.05) is 0 Å². The van der Waals surface area contributed by atoms with E-state index in [-0.39, 0.29) is 17.7 Å². The molecule has 2 aromatic heterocycles. The second-order valence-corrected chi connectivity index (χ2v) is 7.59. The van der Waals surface area contributed by atoms with Crippen LogP contribution >= 0.6 is 11.6 Å². The maximum atomic E-state index is 10.4. The molecular weight excluding hydrogens is 438 g/mol. The Morgan fingerprint density at radius 1 is 1.19 bits per heavy atom. The molecule has 2 aromatic rings. The maximum Gasteiger partial charge on any atom is 0.226 e. The second-order valence-electron chi connectivity index (χ2n) is 7.23. The predicted molar refractivity (Wildman–Crippen MR) is 119 cm³/mol. The zero-order valence-electron chi connectivity index (χ0n) is 17.7. The summed E-state index contributed by atoms with van der Waals surface area (Å²) in [6.45, 7) is 0.676. The number of rotatable bonds is 8. The van der Waals surface area contributed by atoms with Crippen molar-refractivity contribution in [3.05, 3.63) is 34.6 Å². The van der Waals surface area contributed by atoms with Gasteiger partial charge in [0.2, 0.25) is 11.8 Å². The maximum absolute atomic E-state index is 10.4. The molecule has 172 valence electrons. The van der Waals surface area contributed by atoms with E-state index >= 15 is 0 Å². The van der Waals surface area contributed by atoms with Gasteiger partial charge in [0, 0.05) is 44.0 Å². The van der Waals surface area contributed by atoms with Crippen LogP contribution in [0.15, 0.2) is 18.3 Å². The summed E-state index contributed by atoms with van der Waals surface area (Å²) in [6, 6.07) is 2.89. The molecule has 1 saturated carbocycles. The van der Waals surface area contributed by atoms with E-state index < -0.39 is 24.2 Å². The number of aliphatic hydroxyl groups is 3. The van der Waals surface area contributed by atoms with Gasteiger partial charge in [-0.3, -0.25) is 0 Å². The molecule has 1 fully saturated rings. The first-order chi connectivity index (χ1) is 15.5. The third-order valence-corrected chi connectivity index (χ3v) is 5.36. The summed E-state index contributed by atoms with van der Waals surface area (Å²) >= 11 is 6.42. The Kier molecular flexibility index (Phi) is 8.44. The Bertz CT molecular complexity index is 966. The monoisotopic (exact) mass is 463 g/mol. The van der Waals surface area contributed by atoms with Crippen LogP contribution in [0.1, 0.15) is 17.5 Å². The molecule has 2 heterocycles. The second kappa shape index (κ2) is 11.3. The molecule has 0 amide bonds. The Hall–Kier alpha value is -2.68. The minimum absolute atomic E-state index is 0.114. The van der Waals surface area contributed by atoms with Crippen molar-refractivity contribution in [2.75, 3.05) is 44.6 Å². The standard InChI is InChI=1S/C21H26ClN5O5/c1-31-8-7-23-21-26-19(22)14(5-3-12-4-6-16(32-2)24-10-12)20(27-21)25-15-9-13(11-28)17(29)18(15)30/h4,6,10,13,15,17-18,28-30H,7-9,11H2,1-2H3,(H2,23,25,26,27). The first-order valence-corrected chi connectivity index (χ1v) is 10.4. The summed E-state index contributed by atoms with van der Waals surface area (Å²) in [6.07, 6.45) is -0.217. The Labute approximate surface area is 191 Å². The summed E-state index contributed by atoms with van der Waals surface area (Å²) in [5.41, 5.74) is 0.959. The molecule has 1 aliphatic rings. The number of methoxy groups -OCH3 is 2. The van der Waals surface area contributed by atoms with Crippen LogP contribution in [0.2, 0.25) is 5.15 Å². The molecule has 4 unspecified atom stereocenters. The lowest BCUT2D eigenvalue weighted by atomic mass is 10.1. The van der Waals surface area contributed by atoms with Crippen molar-refractivity contribution >= 4 is 23.4 Å². The summed E-state index contributed by atoms with van der Waals surface area (Å²) in [5, 5.41) is 36.2. The quantitative estimate of drug-likeness (QED) is 0.213. The first-order valence-electron chi connectivity index (χ1n) is 10.0. The number of nitrogens with zero attached hydrogens (tertiary/aromatic N) is 3. The topological polar surface area (TPSA) is 142 Å². The highest BCUT2D eigenvalue weighted by Gasteiger charge is 2.41. The van der Waals surface area contributed by atoms with Crippen molar-refractivity contribution in [1.29, 1.82) is 0 Å². The number of halogens is 1. The van der Waals surface area contributed by atoms with Crippen LogP contribution in [0.3, 0.4) is 0 Å². The summed E-state index contributed by atoms with van der Waals surface area (Å²) in [7, 11) is 3.11. The molecule has 0 aliphatic heterocycles. The summed E-state index contributed by atoms with van der Waals surface area (Å²) in [4.78, 5) is 12.8. The normalized spacial score (nSPS) is 22.2. The number of ether oxygens (including phenoxy) is 2. The molecule has 10 nitrogen and oxygen atoms in total. The summed E-state index contributed by atoms with van der Waals surface area (Å²) in [5.74, 6) is 6.51. The zero-order chi connectivity index (χ0) is 23.1. The molecule has 0 saturated heterocycles. The van der Waals surface area contributed by atoms with Gasteiger partial charge in [-0.15, -0.1) is 0 Å². The van der Waals surface area contributed by atoms with Gasteiger partial charge in [-0.1, -0.05) is 23.4 Å². The number of aliphatic hydroxyl groups excluding tert-OH is 3. The van der Waals surface area contributed by atoms with E-state index in [9.17, 15) is 15.3 Å². The number of nitrogens with one attached hydrogen (secondary N) is 2. The molecular formula is C21H26ClN5O5. The van der Waals surface area contributed by atoms with Crippen LogP contribution in [0.25, 0.3) is 0 Å². The van der Waals surface area contributed by atoms with Crippen molar-refractivity contribution < 1.29 is 24.8 Å². The van der Waals surface area contributed by atoms with Crippen molar-refractivity contribution in [2.45, 2.75) is 24.7 Å². The van der Waals surface area contributed by atoms with Gasteiger partial charge in [0.15, 0.2) is 5.15 Å². The van der Waals surface area contributed by atoms with Crippen LogP contribution in [-0.4, -0.2) is 82.5 Å². The van der Waals surface area contributed by atoms with Gasteiger partial charge in [0.25, 0.3) is 0 Å². The van der Waals surface area contributed by atoms with Crippen molar-refractivity contribution in [1.82, 2.24) is 15.0 Å². The molecule has 11 heteroatoms. The van der Waals surface area contributed by atoms with Crippen LogP contribution in [0, 0.1) is 17.8 Å². The van der Waals surface area contributed by atoms with Crippen LogP contribution < -0.4 is 15.4 Å². The molecule has 5 N–H and O–H groups in total. The van der Waals surface area contributed by atoms with Crippen molar-refractivity contribution in [3.8, 4) is 17.7 Å². The van der Waals surface area contributed by atoms with Gasteiger partial charge in [-0.25, -0.2) is 4.98 Å². The fourth-order valence-corrected chi connectivity index (χ4v) is 3.54. The molecule has 0 aromatic carbocycles. The lowest BCUT2D eigenvalue weighted by Gasteiger charge is -2.20. The Morgan fingerprint density at radius 3 is 2.62 bits per heavy atom. The van der Waals surface area contributed by atoms with E-state index in [0.717, 1.165) is 0 Å². The van der Waals surface area contributed by atoms with Gasteiger partial charge in [-0.05, 0) is 12.5 Å². The summed E-state index contributed by atoms with van der Waals surface area (Å²) < 4.78 is 10.1. The minimum atomic E-state index is -1.09. The molecule has 0 radical (unpaired) electrons. The van der Waals surface area contributed by atoms with E-state index in [0.29, 0.717) is 42.4 Å². The van der Waals surface area contributed by atoms with E-state index in [1.54, 1.807) is 25.4 Å². The molecule has 32 heavy (non-hydrogen) atoms. The van der Waals surface area contributed by atoms with Gasteiger partial charge >= 0.3 is 0 Å². The Morgan fingerprint density at radius 2 is 2.00 bits per heavy atom. The largest absolute Gasteiger partial charge is 0.481 e. The highest BCUT2D eigenvalue weighted by atomic mass is 35.5. The smallest absolute Gasteiger partial charge is 0.226 e. The number of aromatic nitrogens is 3. The average Bonchev–Trinajstić information content (AvgIpc) is 3.07. The van der Waals surface area contributed by atoms with E-state index in [1.165, 1.54) is 7.11 Å². The zero-order valence-corrected chi connectivity index (χ0v) is 18.5. The average molecular weight is 464 g/mol. The van der Waals surface area contributed by atoms with E-state index in [4.69, 9.17) is 21.1 Å². The fourth-order valence-electron chi connectivity index (χ4n) is 3.33. The fraction of sp³-hybridized carbons (Fsp3) is 0.476. The number of pyridine rings is 1. The third-order valence-electron chi connectivity index (χ3n) is 5.09. The predicted octanol–water partition coefficient (Wildman–Crippen LogP) is 0.506. The number of anilines is 2. The van der Waals surface area contributed by atoms with Crippen LogP contribution in [0.4, 0.5) is 11.8 Å². The molecule has 0 spiro atoms.